The normalized spacial score (nSPS) is 25.3. The molecular formula is C28H28F4N4O4. The third-order valence-electron chi connectivity index (χ3n) is 7.59. The molecule has 3 N–H and O–H groups in total. The Morgan fingerprint density at radius 2 is 1.88 bits per heavy atom. The summed E-state index contributed by atoms with van der Waals surface area (Å²) in [7, 11) is 0. The Morgan fingerprint density at radius 3 is 2.48 bits per heavy atom. The number of primary amides is 1. The lowest BCUT2D eigenvalue weighted by Gasteiger charge is -2.35. The van der Waals surface area contributed by atoms with Crippen molar-refractivity contribution >= 4 is 23.2 Å². The first-order valence-corrected chi connectivity index (χ1v) is 12.8. The van der Waals surface area contributed by atoms with E-state index in [4.69, 9.17) is 10.5 Å². The second kappa shape index (κ2) is 10.7. The van der Waals surface area contributed by atoms with Gasteiger partial charge >= 0.3 is 6.36 Å². The maximum absolute atomic E-state index is 14.3. The standard InChI is InChI=1S/C28H28F4N4O4/c1-16(36-13-18-7-8-19(14-36)39-18)25(37)35-23-12-17(6-9-24(23)40-28(30,31)32)27(26(33)38)11-10-22(34-15-27)20-4-2-3-5-21(20)29/h2-6,9-12,16,18-19H,7-8,13-15H2,1H3,(H2,33,38)(H,35,37). The van der Waals surface area contributed by atoms with Gasteiger partial charge in [-0.25, -0.2) is 4.39 Å². The lowest BCUT2D eigenvalue weighted by Crippen LogP contribution is -2.51. The number of carbonyl (C=O) groups excluding carboxylic acids is 2. The van der Waals surface area contributed by atoms with Gasteiger partial charge in [-0.2, -0.15) is 0 Å². The molecule has 0 saturated carbocycles. The number of amides is 2. The molecule has 0 aliphatic carbocycles. The molecule has 2 amide bonds. The maximum atomic E-state index is 14.3. The summed E-state index contributed by atoms with van der Waals surface area (Å²) in [5.41, 5.74) is 4.64. The van der Waals surface area contributed by atoms with Crippen molar-refractivity contribution in [1.29, 1.82) is 0 Å². The number of halogens is 4. The van der Waals surface area contributed by atoms with E-state index in [0.717, 1.165) is 18.9 Å². The van der Waals surface area contributed by atoms with Crippen molar-refractivity contribution in [2.75, 3.05) is 25.0 Å². The molecule has 4 atom stereocenters. The van der Waals surface area contributed by atoms with E-state index in [-0.39, 0.29) is 41.3 Å². The fourth-order valence-corrected chi connectivity index (χ4v) is 5.35. The number of likely N-dealkylation sites (tertiary alicyclic amines) is 1. The third-order valence-corrected chi connectivity index (χ3v) is 7.59. The molecule has 0 aromatic heterocycles. The molecule has 2 saturated heterocycles. The molecule has 3 aliphatic rings. The van der Waals surface area contributed by atoms with Gasteiger partial charge < -0.3 is 20.5 Å². The number of dihydropyridines is 1. The number of morpholine rings is 1. The van der Waals surface area contributed by atoms with Gasteiger partial charge in [-0.05, 0) is 55.7 Å². The Bertz CT molecular complexity index is 1370. The number of nitrogens with zero attached hydrogens (tertiary/aromatic N) is 2. The Morgan fingerprint density at radius 1 is 1.18 bits per heavy atom. The first-order chi connectivity index (χ1) is 18.9. The lowest BCUT2D eigenvalue weighted by atomic mass is 9.77. The van der Waals surface area contributed by atoms with Gasteiger partial charge in [0.1, 0.15) is 11.2 Å². The summed E-state index contributed by atoms with van der Waals surface area (Å²) in [6.45, 7) is 2.52. The molecular weight excluding hydrogens is 532 g/mol. The van der Waals surface area contributed by atoms with E-state index < -0.39 is 41.2 Å². The molecule has 2 aromatic rings. The van der Waals surface area contributed by atoms with Crippen LogP contribution in [-0.2, 0) is 19.7 Å². The number of allylic oxidation sites excluding steroid dienone is 1. The van der Waals surface area contributed by atoms with Crippen LogP contribution in [0.25, 0.3) is 0 Å². The first kappa shape index (κ1) is 27.8. The Balaban J connectivity index is 1.44. The topological polar surface area (TPSA) is 106 Å². The highest BCUT2D eigenvalue weighted by molar-refractivity contribution is 6.10. The van der Waals surface area contributed by atoms with E-state index in [9.17, 15) is 27.2 Å². The Hall–Kier alpha value is -3.77. The molecule has 0 spiro atoms. The number of anilines is 1. The third kappa shape index (κ3) is 5.59. The van der Waals surface area contributed by atoms with Crippen molar-refractivity contribution in [3.05, 3.63) is 71.6 Å². The predicted octanol–water partition coefficient (Wildman–Crippen LogP) is 3.70. The van der Waals surface area contributed by atoms with Gasteiger partial charge in [-0.3, -0.25) is 19.5 Å². The second-order valence-electron chi connectivity index (χ2n) is 10.2. The summed E-state index contributed by atoms with van der Waals surface area (Å²) in [5.74, 6) is -2.51. The zero-order valence-electron chi connectivity index (χ0n) is 21.6. The molecule has 2 aromatic carbocycles. The minimum absolute atomic E-state index is 0.0183. The zero-order valence-corrected chi connectivity index (χ0v) is 21.6. The van der Waals surface area contributed by atoms with Crippen molar-refractivity contribution in [3.63, 3.8) is 0 Å². The van der Waals surface area contributed by atoms with Crippen molar-refractivity contribution < 1.29 is 36.6 Å². The van der Waals surface area contributed by atoms with E-state index in [1.807, 2.05) is 4.90 Å². The van der Waals surface area contributed by atoms with E-state index in [1.165, 1.54) is 42.5 Å². The number of hydrogen-bond donors (Lipinski definition) is 2. The van der Waals surface area contributed by atoms with Crippen LogP contribution in [0, 0.1) is 5.82 Å². The molecule has 40 heavy (non-hydrogen) atoms. The van der Waals surface area contributed by atoms with Crippen LogP contribution in [0.4, 0.5) is 23.2 Å². The summed E-state index contributed by atoms with van der Waals surface area (Å²) >= 11 is 0. The van der Waals surface area contributed by atoms with Gasteiger partial charge in [-0.1, -0.05) is 24.3 Å². The maximum Gasteiger partial charge on any atom is 0.573 e. The van der Waals surface area contributed by atoms with Gasteiger partial charge in [-0.15, -0.1) is 13.2 Å². The molecule has 0 radical (unpaired) electrons. The van der Waals surface area contributed by atoms with Crippen LogP contribution in [0.15, 0.2) is 59.6 Å². The van der Waals surface area contributed by atoms with Crippen LogP contribution in [0.2, 0.25) is 0 Å². The van der Waals surface area contributed by atoms with Crippen molar-refractivity contribution in [3.8, 4) is 5.75 Å². The van der Waals surface area contributed by atoms with Crippen LogP contribution in [0.5, 0.6) is 5.75 Å². The van der Waals surface area contributed by atoms with Crippen LogP contribution >= 0.6 is 0 Å². The SMILES string of the molecule is CC(C(=O)Nc1cc(C2(C(N)=O)C=CC(c3ccccc3F)=NC2)ccc1OC(F)(F)F)N1CC2CCC(C1)O2. The fraction of sp³-hybridized carbons (Fsp3) is 0.393. The minimum atomic E-state index is -5.03. The predicted molar refractivity (Wildman–Crippen MR) is 139 cm³/mol. The van der Waals surface area contributed by atoms with Gasteiger partial charge in [0.2, 0.25) is 11.8 Å². The average Bonchev–Trinajstić information content (AvgIpc) is 3.25. The number of fused-ring (bicyclic) bond motifs is 2. The molecule has 4 unspecified atom stereocenters. The van der Waals surface area contributed by atoms with E-state index in [1.54, 1.807) is 13.0 Å². The minimum Gasteiger partial charge on any atom is -0.404 e. The average molecular weight is 561 g/mol. The van der Waals surface area contributed by atoms with Gasteiger partial charge in [0.25, 0.3) is 0 Å². The number of benzene rings is 2. The van der Waals surface area contributed by atoms with Gasteiger partial charge in [0.15, 0.2) is 5.75 Å². The number of nitrogens with two attached hydrogens (primary N) is 1. The monoisotopic (exact) mass is 560 g/mol. The molecule has 12 heteroatoms. The number of carbonyl (C=O) groups is 2. The summed E-state index contributed by atoms with van der Waals surface area (Å²) in [6, 6.07) is 8.83. The zero-order chi connectivity index (χ0) is 28.7. The van der Waals surface area contributed by atoms with Crippen LogP contribution in [-0.4, -0.2) is 66.7 Å². The highest BCUT2D eigenvalue weighted by Crippen LogP contribution is 2.37. The van der Waals surface area contributed by atoms with Crippen molar-refractivity contribution in [2.45, 2.75) is 49.8 Å². The largest absolute Gasteiger partial charge is 0.573 e. The highest BCUT2D eigenvalue weighted by Gasteiger charge is 2.41. The number of ether oxygens (including phenoxy) is 2. The molecule has 2 bridgehead atoms. The quantitative estimate of drug-likeness (QED) is 0.503. The molecule has 2 fully saturated rings. The molecule has 212 valence electrons. The smallest absolute Gasteiger partial charge is 0.404 e. The van der Waals surface area contributed by atoms with Crippen LogP contribution in [0.1, 0.15) is 30.9 Å². The Kier molecular flexibility index (Phi) is 7.40. The van der Waals surface area contributed by atoms with Gasteiger partial charge in [0, 0.05) is 18.7 Å². The molecule has 5 rings (SSSR count). The second-order valence-corrected chi connectivity index (χ2v) is 10.2. The summed E-state index contributed by atoms with van der Waals surface area (Å²) in [4.78, 5) is 32.2. The first-order valence-electron chi connectivity index (χ1n) is 12.8. The van der Waals surface area contributed by atoms with E-state index in [0.29, 0.717) is 13.1 Å². The number of nitrogens with one attached hydrogen (secondary N) is 1. The van der Waals surface area contributed by atoms with Crippen molar-refractivity contribution in [1.82, 2.24) is 4.90 Å². The van der Waals surface area contributed by atoms with E-state index >= 15 is 0 Å². The molecule has 8 nitrogen and oxygen atoms in total. The van der Waals surface area contributed by atoms with Gasteiger partial charge in [0.05, 0.1) is 36.2 Å². The Labute approximate surface area is 227 Å². The fourth-order valence-electron chi connectivity index (χ4n) is 5.35. The highest BCUT2D eigenvalue weighted by atomic mass is 19.4. The van der Waals surface area contributed by atoms with Crippen LogP contribution in [0.3, 0.4) is 0 Å². The van der Waals surface area contributed by atoms with E-state index in [2.05, 4.69) is 15.0 Å². The number of hydrogen-bond acceptors (Lipinski definition) is 6. The summed E-state index contributed by atoms with van der Waals surface area (Å²) in [5, 5.41) is 2.55. The summed E-state index contributed by atoms with van der Waals surface area (Å²) < 4.78 is 63.9. The van der Waals surface area contributed by atoms with Crippen LogP contribution < -0.4 is 15.8 Å². The number of rotatable bonds is 7. The van der Waals surface area contributed by atoms with Crippen molar-refractivity contribution in [2.24, 2.45) is 10.7 Å². The number of alkyl halides is 3. The molecule has 3 aliphatic heterocycles. The number of aliphatic imine (C=N–C) groups is 1. The lowest BCUT2D eigenvalue weighted by molar-refractivity contribution is -0.274. The summed E-state index contributed by atoms with van der Waals surface area (Å²) in [6.07, 6.45) is -0.312. The molecule has 3 heterocycles.